The van der Waals surface area contributed by atoms with E-state index in [1.165, 1.54) is 12.1 Å². The van der Waals surface area contributed by atoms with Crippen LogP contribution in [-0.2, 0) is 0 Å². The van der Waals surface area contributed by atoms with E-state index >= 15 is 0 Å². The summed E-state index contributed by atoms with van der Waals surface area (Å²) >= 11 is 4.08. The highest BCUT2D eigenvalue weighted by atomic mass is 32.1. The number of anilines is 1. The number of imidazole rings is 1. The molecule has 2 heterocycles. The molecular formula is C13H11FN4S. The quantitative estimate of drug-likeness (QED) is 0.706. The lowest BCUT2D eigenvalue weighted by Gasteiger charge is -2.07. The summed E-state index contributed by atoms with van der Waals surface area (Å²) in [5.41, 5.74) is 3.94. The van der Waals surface area contributed by atoms with Gasteiger partial charge in [0.2, 0.25) is 0 Å². The summed E-state index contributed by atoms with van der Waals surface area (Å²) in [5, 5.41) is 4.50. The van der Waals surface area contributed by atoms with Crippen LogP contribution in [0.15, 0.2) is 36.5 Å². The summed E-state index contributed by atoms with van der Waals surface area (Å²) in [7, 11) is 0. The summed E-state index contributed by atoms with van der Waals surface area (Å²) in [6, 6.07) is 8.05. The Balaban J connectivity index is 2.23. The normalized spacial score (nSPS) is 10.9. The van der Waals surface area contributed by atoms with Gasteiger partial charge in [0.05, 0.1) is 23.3 Å². The Kier molecular flexibility index (Phi) is 2.87. The fraction of sp³-hybridized carbons (Fsp3) is 0.0769. The number of thiol groups is 1. The highest BCUT2D eigenvalue weighted by Crippen LogP contribution is 2.24. The number of nitrogens with one attached hydrogen (secondary N) is 1. The molecule has 0 unspecified atom stereocenters. The summed E-state index contributed by atoms with van der Waals surface area (Å²) in [5.74, 6) is -0.267. The van der Waals surface area contributed by atoms with Crippen molar-refractivity contribution in [3.8, 4) is 11.3 Å². The van der Waals surface area contributed by atoms with Gasteiger partial charge in [-0.3, -0.25) is 0 Å². The van der Waals surface area contributed by atoms with Crippen LogP contribution >= 0.6 is 12.8 Å². The molecule has 0 aliphatic rings. The maximum Gasteiger partial charge on any atom is 0.178 e. The molecule has 0 atom stereocenters. The maximum atomic E-state index is 13.0. The Labute approximate surface area is 114 Å². The summed E-state index contributed by atoms with van der Waals surface area (Å²) < 4.78 is 17.5. The van der Waals surface area contributed by atoms with Gasteiger partial charge in [0.1, 0.15) is 5.82 Å². The molecule has 4 nitrogen and oxygen atoms in total. The first-order chi connectivity index (χ1) is 9.19. The molecule has 1 N–H and O–H groups in total. The van der Waals surface area contributed by atoms with Crippen molar-refractivity contribution < 1.29 is 4.39 Å². The van der Waals surface area contributed by atoms with Crippen LogP contribution in [0.1, 0.15) is 5.69 Å². The largest absolute Gasteiger partial charge is 0.329 e. The molecule has 2 aromatic heterocycles. The molecule has 0 fully saturated rings. The van der Waals surface area contributed by atoms with Crippen molar-refractivity contribution in [3.05, 3.63) is 48.0 Å². The van der Waals surface area contributed by atoms with Gasteiger partial charge in [-0.2, -0.15) is 5.10 Å². The van der Waals surface area contributed by atoms with Gasteiger partial charge < -0.3 is 4.72 Å². The van der Waals surface area contributed by atoms with Crippen LogP contribution in [0.3, 0.4) is 0 Å². The van der Waals surface area contributed by atoms with E-state index in [-0.39, 0.29) is 5.82 Å². The number of hydrogen-bond donors (Lipinski definition) is 2. The lowest BCUT2D eigenvalue weighted by atomic mass is 10.1. The van der Waals surface area contributed by atoms with Crippen LogP contribution in [0.2, 0.25) is 0 Å². The molecule has 0 saturated carbocycles. The van der Waals surface area contributed by atoms with Gasteiger partial charge in [0.15, 0.2) is 5.65 Å². The predicted molar refractivity (Wildman–Crippen MR) is 75.7 cm³/mol. The third kappa shape index (κ3) is 2.04. The Morgan fingerprint density at radius 3 is 2.68 bits per heavy atom. The first-order valence-corrected chi connectivity index (χ1v) is 6.15. The van der Waals surface area contributed by atoms with Gasteiger partial charge in [-0.05, 0) is 37.3 Å². The Morgan fingerprint density at radius 2 is 2.00 bits per heavy atom. The average Bonchev–Trinajstić information content (AvgIpc) is 2.80. The zero-order chi connectivity index (χ0) is 13.4. The summed E-state index contributed by atoms with van der Waals surface area (Å²) in [6.07, 6.45) is 1.74. The fourth-order valence-corrected chi connectivity index (χ4v) is 2.09. The molecule has 0 radical (unpaired) electrons. The van der Waals surface area contributed by atoms with Crippen molar-refractivity contribution in [2.45, 2.75) is 6.92 Å². The molecular weight excluding hydrogens is 263 g/mol. The van der Waals surface area contributed by atoms with Gasteiger partial charge in [-0.25, -0.2) is 13.9 Å². The molecule has 1 aromatic carbocycles. The predicted octanol–water partition coefficient (Wildman–Crippen LogP) is 3.10. The lowest BCUT2D eigenvalue weighted by Crippen LogP contribution is -1.99. The van der Waals surface area contributed by atoms with Crippen LogP contribution in [0.25, 0.3) is 16.9 Å². The summed E-state index contributed by atoms with van der Waals surface area (Å²) in [4.78, 5) is 4.27. The van der Waals surface area contributed by atoms with E-state index in [0.717, 1.165) is 22.6 Å². The van der Waals surface area contributed by atoms with Crippen LogP contribution in [0.5, 0.6) is 0 Å². The monoisotopic (exact) mass is 274 g/mol. The number of hydrogen-bond acceptors (Lipinski definition) is 4. The van der Waals surface area contributed by atoms with E-state index in [2.05, 4.69) is 27.6 Å². The van der Waals surface area contributed by atoms with E-state index in [4.69, 9.17) is 0 Å². The maximum absolute atomic E-state index is 13.0. The van der Waals surface area contributed by atoms with Crippen LogP contribution < -0.4 is 4.72 Å². The third-order valence-corrected chi connectivity index (χ3v) is 3.14. The smallest absolute Gasteiger partial charge is 0.178 e. The molecule has 0 aliphatic heterocycles. The molecule has 0 spiro atoms. The summed E-state index contributed by atoms with van der Waals surface area (Å²) in [6.45, 7) is 1.92. The van der Waals surface area contributed by atoms with Crippen LogP contribution in [0.4, 0.5) is 10.1 Å². The molecule has 0 amide bonds. The minimum Gasteiger partial charge on any atom is -0.329 e. The SMILES string of the molecule is Cc1cnc2c(NS)cc(-c3ccc(F)cc3)nn12. The number of rotatable bonds is 2. The van der Waals surface area contributed by atoms with Crippen LogP contribution in [0, 0.1) is 12.7 Å². The molecule has 0 bridgehead atoms. The van der Waals surface area contributed by atoms with E-state index in [1.54, 1.807) is 22.8 Å². The molecule has 0 saturated heterocycles. The van der Waals surface area contributed by atoms with Crippen molar-refractivity contribution >= 4 is 24.1 Å². The Bertz CT molecular complexity index is 736. The average molecular weight is 274 g/mol. The third-order valence-electron chi connectivity index (χ3n) is 2.90. The van der Waals surface area contributed by atoms with Gasteiger partial charge in [0, 0.05) is 5.56 Å². The van der Waals surface area contributed by atoms with Gasteiger partial charge in [0.25, 0.3) is 0 Å². The standard InChI is InChI=1S/C13H11FN4S/c1-8-7-15-13-12(17-19)6-11(16-18(8)13)9-2-4-10(14)5-3-9/h2-7,17,19H,1H3. The fourth-order valence-electron chi connectivity index (χ4n) is 1.92. The second kappa shape index (κ2) is 4.55. The number of nitrogens with zero attached hydrogens (tertiary/aromatic N) is 3. The second-order valence-electron chi connectivity index (χ2n) is 4.20. The number of aromatic nitrogens is 3. The van der Waals surface area contributed by atoms with Crippen molar-refractivity contribution in [3.63, 3.8) is 0 Å². The number of aryl methyl sites for hydroxylation is 1. The molecule has 19 heavy (non-hydrogen) atoms. The second-order valence-corrected chi connectivity index (χ2v) is 4.42. The van der Waals surface area contributed by atoms with Gasteiger partial charge in [-0.1, -0.05) is 12.8 Å². The number of benzene rings is 1. The Morgan fingerprint density at radius 1 is 1.26 bits per heavy atom. The topological polar surface area (TPSA) is 42.2 Å². The van der Waals surface area contributed by atoms with E-state index in [0.29, 0.717) is 5.65 Å². The zero-order valence-electron chi connectivity index (χ0n) is 10.1. The van der Waals surface area contributed by atoms with Crippen molar-refractivity contribution in [2.75, 3.05) is 4.72 Å². The van der Waals surface area contributed by atoms with E-state index in [1.807, 2.05) is 13.0 Å². The first kappa shape index (κ1) is 12.0. The first-order valence-electron chi connectivity index (χ1n) is 5.70. The van der Waals surface area contributed by atoms with Crippen molar-refractivity contribution in [1.29, 1.82) is 0 Å². The van der Waals surface area contributed by atoms with E-state index < -0.39 is 0 Å². The molecule has 96 valence electrons. The molecule has 3 aromatic rings. The molecule has 0 aliphatic carbocycles. The molecule has 3 rings (SSSR count). The number of fused-ring (bicyclic) bond motifs is 1. The minimum absolute atomic E-state index is 0.267. The molecule has 6 heteroatoms. The van der Waals surface area contributed by atoms with Crippen molar-refractivity contribution in [2.24, 2.45) is 0 Å². The lowest BCUT2D eigenvalue weighted by molar-refractivity contribution is 0.628. The zero-order valence-corrected chi connectivity index (χ0v) is 11.0. The van der Waals surface area contributed by atoms with Crippen molar-refractivity contribution in [1.82, 2.24) is 14.6 Å². The van der Waals surface area contributed by atoms with Gasteiger partial charge in [-0.15, -0.1) is 0 Å². The number of halogens is 1. The Hall–Kier alpha value is -2.08. The van der Waals surface area contributed by atoms with Crippen LogP contribution in [-0.4, -0.2) is 14.6 Å². The van der Waals surface area contributed by atoms with E-state index in [9.17, 15) is 4.39 Å². The highest BCUT2D eigenvalue weighted by molar-refractivity contribution is 7.81. The highest BCUT2D eigenvalue weighted by Gasteiger charge is 2.10. The van der Waals surface area contributed by atoms with Gasteiger partial charge >= 0.3 is 0 Å². The minimum atomic E-state index is -0.267.